The van der Waals surface area contributed by atoms with E-state index in [-0.39, 0.29) is 17.5 Å². The summed E-state index contributed by atoms with van der Waals surface area (Å²) in [5, 5.41) is 0. The van der Waals surface area contributed by atoms with Gasteiger partial charge in [-0.1, -0.05) is 38.1 Å². The summed E-state index contributed by atoms with van der Waals surface area (Å²) >= 11 is 0. The van der Waals surface area contributed by atoms with Gasteiger partial charge in [0.05, 0.1) is 5.75 Å². The molecule has 1 aromatic rings. The Hall–Kier alpha value is -0.720. The Labute approximate surface area is 130 Å². The fraction of sp³-hybridized carbons (Fsp3) is 0.600. The van der Waals surface area contributed by atoms with E-state index in [4.69, 9.17) is 5.73 Å². The van der Waals surface area contributed by atoms with Gasteiger partial charge in [-0.25, -0.2) is 8.42 Å². The number of benzene rings is 1. The minimum absolute atomic E-state index is 0.0559. The molecule has 0 amide bonds. The van der Waals surface area contributed by atoms with Crippen LogP contribution in [0.3, 0.4) is 0 Å². The van der Waals surface area contributed by atoms with Crippen molar-refractivity contribution in [2.75, 3.05) is 23.5 Å². The Kier molecular flexibility index (Phi) is 7.03. The number of rotatable bonds is 8. The van der Waals surface area contributed by atoms with Gasteiger partial charge in [-0.3, -0.25) is 4.21 Å². The normalized spacial score (nSPS) is 15.1. The van der Waals surface area contributed by atoms with Crippen molar-refractivity contribution in [3.8, 4) is 0 Å². The topological polar surface area (TPSA) is 77.2 Å². The van der Waals surface area contributed by atoms with Gasteiger partial charge in [-0.05, 0) is 23.5 Å². The maximum Gasteiger partial charge on any atom is 0.148 e. The van der Waals surface area contributed by atoms with Crippen molar-refractivity contribution < 1.29 is 12.6 Å². The molecule has 0 fully saturated rings. The molecular formula is C15H25NO3S2. The van der Waals surface area contributed by atoms with Gasteiger partial charge < -0.3 is 5.73 Å². The third-order valence-corrected chi connectivity index (χ3v) is 5.69. The van der Waals surface area contributed by atoms with Crippen LogP contribution >= 0.6 is 0 Å². The predicted octanol–water partition coefficient (Wildman–Crippen LogP) is 1.68. The van der Waals surface area contributed by atoms with E-state index in [1.165, 1.54) is 5.56 Å². The average Bonchev–Trinajstić information content (AvgIpc) is 2.35. The molecule has 0 saturated heterocycles. The lowest BCUT2D eigenvalue weighted by Gasteiger charge is -2.13. The molecule has 120 valence electrons. The van der Waals surface area contributed by atoms with Crippen LogP contribution in [0.5, 0.6) is 0 Å². The van der Waals surface area contributed by atoms with Crippen LogP contribution < -0.4 is 5.73 Å². The van der Waals surface area contributed by atoms with Crippen LogP contribution in [0.15, 0.2) is 24.3 Å². The smallest absolute Gasteiger partial charge is 0.148 e. The van der Waals surface area contributed by atoms with Gasteiger partial charge in [-0.2, -0.15) is 0 Å². The zero-order valence-corrected chi connectivity index (χ0v) is 14.5. The Morgan fingerprint density at radius 1 is 1.19 bits per heavy atom. The summed E-state index contributed by atoms with van der Waals surface area (Å²) in [6.45, 7) is 4.34. The molecular weight excluding hydrogens is 306 g/mol. The largest absolute Gasteiger partial charge is 0.323 e. The highest BCUT2D eigenvalue weighted by molar-refractivity contribution is 7.92. The molecule has 0 heterocycles. The molecule has 2 unspecified atom stereocenters. The fourth-order valence-electron chi connectivity index (χ4n) is 2.00. The summed E-state index contributed by atoms with van der Waals surface area (Å²) in [6.07, 6.45) is 2.17. The Morgan fingerprint density at radius 2 is 1.76 bits per heavy atom. The molecule has 2 atom stereocenters. The van der Waals surface area contributed by atoms with Crippen LogP contribution in [-0.4, -0.2) is 36.1 Å². The van der Waals surface area contributed by atoms with Gasteiger partial charge in [0, 0.05) is 34.6 Å². The molecule has 0 saturated carbocycles. The van der Waals surface area contributed by atoms with E-state index in [1.54, 1.807) is 0 Å². The molecule has 1 rings (SSSR count). The standard InChI is InChI=1S/C15H25NO3S2/c1-12(2)10-13-4-6-14(7-5-13)15(16)11-20(17)8-9-21(3,18)19/h4-7,12,15H,8-11,16H2,1-3H3. The number of nitrogens with two attached hydrogens (primary N) is 1. The quantitative estimate of drug-likeness (QED) is 0.786. The first kappa shape index (κ1) is 18.3. The van der Waals surface area contributed by atoms with Crippen LogP contribution in [0.1, 0.15) is 31.0 Å². The SMILES string of the molecule is CC(C)Cc1ccc(C(N)CS(=O)CCS(C)(=O)=O)cc1. The van der Waals surface area contributed by atoms with Crippen molar-refractivity contribution in [3.05, 3.63) is 35.4 Å². The van der Waals surface area contributed by atoms with Crippen LogP contribution in [0.4, 0.5) is 0 Å². The van der Waals surface area contributed by atoms with Gasteiger partial charge in [0.15, 0.2) is 0 Å². The lowest BCUT2D eigenvalue weighted by molar-refractivity contribution is 0.602. The lowest BCUT2D eigenvalue weighted by Crippen LogP contribution is -2.22. The van der Waals surface area contributed by atoms with Crippen LogP contribution in [-0.2, 0) is 27.1 Å². The average molecular weight is 332 g/mol. The predicted molar refractivity (Wildman–Crippen MR) is 89.5 cm³/mol. The van der Waals surface area contributed by atoms with Crippen molar-refractivity contribution in [1.29, 1.82) is 0 Å². The minimum atomic E-state index is -3.07. The molecule has 0 aliphatic carbocycles. The Bertz CT molecular complexity index is 565. The fourth-order valence-corrected chi connectivity index (χ4v) is 4.71. The summed E-state index contributed by atoms with van der Waals surface area (Å²) in [7, 11) is -4.29. The first-order valence-corrected chi connectivity index (χ1v) is 10.6. The highest BCUT2D eigenvalue weighted by Gasteiger charge is 2.13. The lowest BCUT2D eigenvalue weighted by atomic mass is 10.0. The van der Waals surface area contributed by atoms with Crippen LogP contribution in [0.25, 0.3) is 0 Å². The van der Waals surface area contributed by atoms with Crippen molar-refractivity contribution in [2.45, 2.75) is 26.3 Å². The van der Waals surface area contributed by atoms with Gasteiger partial charge in [0.2, 0.25) is 0 Å². The third-order valence-electron chi connectivity index (χ3n) is 3.10. The van der Waals surface area contributed by atoms with Crippen molar-refractivity contribution >= 4 is 20.6 Å². The first-order chi connectivity index (χ1) is 9.67. The molecule has 21 heavy (non-hydrogen) atoms. The zero-order chi connectivity index (χ0) is 16.0. The highest BCUT2D eigenvalue weighted by Crippen LogP contribution is 2.15. The monoisotopic (exact) mass is 331 g/mol. The molecule has 0 aliphatic heterocycles. The number of sulfone groups is 1. The second-order valence-corrected chi connectivity index (χ2v) is 9.77. The van der Waals surface area contributed by atoms with Crippen LogP contribution in [0, 0.1) is 5.92 Å². The van der Waals surface area contributed by atoms with E-state index in [0.717, 1.165) is 18.2 Å². The third kappa shape index (κ3) is 7.74. The van der Waals surface area contributed by atoms with Crippen molar-refractivity contribution in [1.82, 2.24) is 0 Å². The number of hydrogen-bond acceptors (Lipinski definition) is 4. The van der Waals surface area contributed by atoms with Gasteiger partial charge in [-0.15, -0.1) is 0 Å². The minimum Gasteiger partial charge on any atom is -0.323 e. The van der Waals surface area contributed by atoms with E-state index in [9.17, 15) is 12.6 Å². The molecule has 0 aromatic heterocycles. The molecule has 0 aliphatic rings. The summed E-state index contributed by atoms with van der Waals surface area (Å²) in [6, 6.07) is 7.72. The second kappa shape index (κ2) is 8.06. The Balaban J connectivity index is 2.55. The van der Waals surface area contributed by atoms with Crippen molar-refractivity contribution in [2.24, 2.45) is 11.7 Å². The van der Waals surface area contributed by atoms with E-state index in [2.05, 4.69) is 26.0 Å². The number of hydrogen-bond donors (Lipinski definition) is 1. The first-order valence-electron chi connectivity index (χ1n) is 7.04. The molecule has 0 radical (unpaired) electrons. The molecule has 2 N–H and O–H groups in total. The molecule has 4 nitrogen and oxygen atoms in total. The Morgan fingerprint density at radius 3 is 2.24 bits per heavy atom. The van der Waals surface area contributed by atoms with Gasteiger partial charge in [0.1, 0.15) is 9.84 Å². The molecule has 0 bridgehead atoms. The summed E-state index contributed by atoms with van der Waals surface area (Å²) in [5.41, 5.74) is 8.25. The van der Waals surface area contributed by atoms with Gasteiger partial charge >= 0.3 is 0 Å². The van der Waals surface area contributed by atoms with Gasteiger partial charge in [0.25, 0.3) is 0 Å². The second-order valence-electron chi connectivity index (χ2n) is 5.89. The summed E-state index contributed by atoms with van der Waals surface area (Å²) in [4.78, 5) is 0. The maximum absolute atomic E-state index is 11.9. The molecule has 1 aromatic carbocycles. The summed E-state index contributed by atoms with van der Waals surface area (Å²) in [5.74, 6) is 0.990. The zero-order valence-electron chi connectivity index (χ0n) is 12.9. The van der Waals surface area contributed by atoms with E-state index >= 15 is 0 Å². The highest BCUT2D eigenvalue weighted by atomic mass is 32.2. The van der Waals surface area contributed by atoms with Crippen molar-refractivity contribution in [3.63, 3.8) is 0 Å². The van der Waals surface area contributed by atoms with E-state index < -0.39 is 20.6 Å². The summed E-state index contributed by atoms with van der Waals surface area (Å²) < 4.78 is 34.0. The van der Waals surface area contributed by atoms with E-state index in [0.29, 0.717) is 11.7 Å². The van der Waals surface area contributed by atoms with E-state index in [1.807, 2.05) is 12.1 Å². The maximum atomic E-state index is 11.9. The van der Waals surface area contributed by atoms with Crippen LogP contribution in [0.2, 0.25) is 0 Å². The molecule has 0 spiro atoms. The molecule has 6 heteroatoms.